The molecule has 42 valence electrons. The Hall–Kier alpha value is -0.510. The standard InChI is InChI=1S/C2H5ClN2O2/c1-2(3)7-5-4-6/h2,4H,1H3. The van der Waals surface area contributed by atoms with Crippen LogP contribution >= 0.6 is 11.6 Å². The van der Waals surface area contributed by atoms with Gasteiger partial charge in [0.2, 0.25) is 5.56 Å². The van der Waals surface area contributed by atoms with Crippen molar-refractivity contribution in [1.82, 2.24) is 0 Å². The highest BCUT2D eigenvalue weighted by molar-refractivity contribution is 6.19. The summed E-state index contributed by atoms with van der Waals surface area (Å²) in [5, 5.41) is 13.1. The number of hydrogen-bond donors (Lipinski definition) is 1. The summed E-state index contributed by atoms with van der Waals surface area (Å²) >= 11 is 5.16. The van der Waals surface area contributed by atoms with E-state index in [1.54, 1.807) is 6.92 Å². The molecule has 0 fully saturated rings. The average molecular weight is 125 g/mol. The molecular formula is C2H5ClN2O2. The Morgan fingerprint density at radius 2 is 2.57 bits per heavy atom. The minimum atomic E-state index is -0.554. The van der Waals surface area contributed by atoms with Crippen LogP contribution in [0.2, 0.25) is 0 Å². The molecule has 5 heteroatoms. The zero-order valence-corrected chi connectivity index (χ0v) is 4.47. The molecule has 0 rings (SSSR count). The molecule has 0 aliphatic heterocycles. The Morgan fingerprint density at radius 3 is 2.71 bits per heavy atom. The molecule has 0 aromatic rings. The van der Waals surface area contributed by atoms with Crippen molar-refractivity contribution in [3.05, 3.63) is 5.21 Å². The van der Waals surface area contributed by atoms with Crippen molar-refractivity contribution in [3.8, 4) is 0 Å². The van der Waals surface area contributed by atoms with E-state index in [4.69, 9.17) is 11.6 Å². The van der Waals surface area contributed by atoms with Gasteiger partial charge < -0.3 is 10.0 Å². The molecule has 0 amide bonds. The van der Waals surface area contributed by atoms with Crippen molar-refractivity contribution in [2.45, 2.75) is 12.5 Å². The van der Waals surface area contributed by atoms with Crippen LogP contribution in [0.5, 0.6) is 0 Å². The molecule has 0 heterocycles. The lowest BCUT2D eigenvalue weighted by molar-refractivity contribution is -0.496. The highest BCUT2D eigenvalue weighted by Crippen LogP contribution is 1.92. The molecule has 1 N–H and O–H groups in total. The van der Waals surface area contributed by atoms with E-state index >= 15 is 0 Å². The maximum atomic E-state index is 9.23. The first kappa shape index (κ1) is 6.49. The van der Waals surface area contributed by atoms with Crippen molar-refractivity contribution in [3.63, 3.8) is 0 Å². The molecule has 0 aliphatic rings. The predicted molar refractivity (Wildman–Crippen MR) is 23.2 cm³/mol. The fourth-order valence-electron chi connectivity index (χ4n) is 0.0941. The van der Waals surface area contributed by atoms with Gasteiger partial charge in [-0.15, -0.1) is 0 Å². The molecule has 0 saturated carbocycles. The first-order valence-electron chi connectivity index (χ1n) is 1.64. The van der Waals surface area contributed by atoms with Crippen molar-refractivity contribution in [1.29, 1.82) is 0 Å². The Morgan fingerprint density at radius 1 is 2.00 bits per heavy atom. The summed E-state index contributed by atoms with van der Waals surface area (Å²) in [5.41, 5.74) is -0.554. The van der Waals surface area contributed by atoms with Crippen LogP contribution in [-0.4, -0.2) is 5.56 Å². The number of hydrogen-bond acceptors (Lipinski definition) is 3. The molecule has 4 nitrogen and oxygen atoms in total. The lowest BCUT2D eigenvalue weighted by atomic mass is 10.9. The second-order valence-corrected chi connectivity index (χ2v) is 1.45. The van der Waals surface area contributed by atoms with Crippen molar-refractivity contribution >= 4 is 11.6 Å². The zero-order chi connectivity index (χ0) is 5.70. The van der Waals surface area contributed by atoms with E-state index in [9.17, 15) is 5.21 Å². The lowest BCUT2D eigenvalue weighted by Gasteiger charge is -1.90. The molecule has 0 saturated heterocycles. The van der Waals surface area contributed by atoms with Gasteiger partial charge in [0.15, 0.2) is 5.28 Å². The minimum absolute atomic E-state index is 0.554. The maximum absolute atomic E-state index is 9.23. The smallest absolute Gasteiger partial charge is 0.203 e. The summed E-state index contributed by atoms with van der Waals surface area (Å²) < 4.78 is 0. The normalized spacial score (nSPS) is 14.6. The highest BCUT2D eigenvalue weighted by Gasteiger charge is 1.90. The van der Waals surface area contributed by atoms with Gasteiger partial charge in [0.05, 0.1) is 0 Å². The van der Waals surface area contributed by atoms with Crippen LogP contribution in [0.1, 0.15) is 6.92 Å². The third kappa shape index (κ3) is 5.49. The predicted octanol–water partition coefficient (Wildman–Crippen LogP) is -0.467. The molecule has 0 spiro atoms. The van der Waals surface area contributed by atoms with Gasteiger partial charge in [-0.05, 0) is 6.92 Å². The average Bonchev–Trinajstić information content (AvgIpc) is 1.61. The van der Waals surface area contributed by atoms with E-state index in [1.807, 2.05) is 0 Å². The van der Waals surface area contributed by atoms with Gasteiger partial charge in [-0.3, -0.25) is 0 Å². The van der Waals surface area contributed by atoms with Crippen LogP contribution in [0.4, 0.5) is 0 Å². The van der Waals surface area contributed by atoms with Crippen LogP contribution < -0.4 is 5.28 Å². The number of nitrogens with zero attached hydrogens (tertiary/aromatic N) is 1. The zero-order valence-electron chi connectivity index (χ0n) is 3.72. The topological polar surface area (TPSA) is 58.6 Å². The minimum Gasteiger partial charge on any atom is -0.599 e. The van der Waals surface area contributed by atoms with Gasteiger partial charge in [-0.25, -0.2) is 0 Å². The molecule has 7 heavy (non-hydrogen) atoms. The van der Waals surface area contributed by atoms with E-state index in [0.29, 0.717) is 0 Å². The summed E-state index contributed by atoms with van der Waals surface area (Å²) in [7, 11) is 0. The van der Waals surface area contributed by atoms with Crippen LogP contribution in [-0.2, 0) is 4.84 Å². The number of rotatable bonds is 2. The summed E-state index contributed by atoms with van der Waals surface area (Å²) in [6.07, 6.45) is 0. The quantitative estimate of drug-likeness (QED) is 0.308. The number of alkyl halides is 1. The van der Waals surface area contributed by atoms with E-state index in [-0.39, 0.29) is 0 Å². The molecule has 0 aliphatic carbocycles. The largest absolute Gasteiger partial charge is 0.599 e. The van der Waals surface area contributed by atoms with Gasteiger partial charge in [0, 0.05) is 0 Å². The molecule has 0 aromatic carbocycles. The van der Waals surface area contributed by atoms with Crippen LogP contribution in [0.3, 0.4) is 0 Å². The molecule has 1 unspecified atom stereocenters. The molecule has 0 aromatic heterocycles. The van der Waals surface area contributed by atoms with E-state index < -0.39 is 5.56 Å². The van der Waals surface area contributed by atoms with Crippen molar-refractivity contribution < 1.29 is 10.1 Å². The van der Waals surface area contributed by atoms with E-state index in [1.165, 1.54) is 5.28 Å². The fourth-order valence-corrected chi connectivity index (χ4v) is 0.134. The second kappa shape index (κ2) is 3.67. The molecule has 0 bridgehead atoms. The van der Waals surface area contributed by atoms with Crippen LogP contribution in [0, 0.1) is 5.21 Å². The third-order valence-electron chi connectivity index (χ3n) is 0.235. The van der Waals surface area contributed by atoms with Gasteiger partial charge in [0.1, 0.15) is 0 Å². The lowest BCUT2D eigenvalue weighted by Crippen LogP contribution is -2.56. The van der Waals surface area contributed by atoms with Gasteiger partial charge >= 0.3 is 0 Å². The SMILES string of the molecule is CC(Cl)O/N=[NH+]\[O-]. The molecule has 1 atom stereocenters. The van der Waals surface area contributed by atoms with Crippen molar-refractivity contribution in [2.75, 3.05) is 0 Å². The van der Waals surface area contributed by atoms with E-state index in [0.717, 1.165) is 0 Å². The Labute approximate surface area is 45.7 Å². The first-order valence-corrected chi connectivity index (χ1v) is 2.08. The fraction of sp³-hybridized carbons (Fsp3) is 1.00. The molecular weight excluding hydrogens is 119 g/mol. The van der Waals surface area contributed by atoms with Crippen LogP contribution in [0.25, 0.3) is 0 Å². The van der Waals surface area contributed by atoms with Gasteiger partial charge in [-0.1, -0.05) is 16.9 Å². The van der Waals surface area contributed by atoms with Gasteiger partial charge in [-0.2, -0.15) is 0 Å². The highest BCUT2D eigenvalue weighted by atomic mass is 35.5. The first-order chi connectivity index (χ1) is 3.27. The maximum Gasteiger partial charge on any atom is 0.203 e. The Balaban J connectivity index is 2.97. The molecule has 0 radical (unpaired) electrons. The third-order valence-corrected chi connectivity index (χ3v) is 0.315. The van der Waals surface area contributed by atoms with E-state index in [2.05, 4.69) is 10.1 Å². The number of halogens is 1. The van der Waals surface area contributed by atoms with Crippen LogP contribution in [0.15, 0.2) is 5.28 Å². The summed E-state index contributed by atoms with van der Waals surface area (Å²) in [6, 6.07) is 0. The summed E-state index contributed by atoms with van der Waals surface area (Å²) in [4.78, 5) is 4.16. The Bertz CT molecular complexity index is 64.7. The van der Waals surface area contributed by atoms with Crippen molar-refractivity contribution in [2.24, 2.45) is 5.28 Å². The monoisotopic (exact) mass is 124 g/mol. The number of nitrogens with one attached hydrogen (secondary N) is 1. The van der Waals surface area contributed by atoms with Gasteiger partial charge in [0.25, 0.3) is 0 Å². The summed E-state index contributed by atoms with van der Waals surface area (Å²) in [6.45, 7) is 1.54. The Kier molecular flexibility index (Phi) is 3.40. The summed E-state index contributed by atoms with van der Waals surface area (Å²) in [5.74, 6) is 0. The second-order valence-electron chi connectivity index (χ2n) is 0.831.